The third-order valence-corrected chi connectivity index (χ3v) is 6.24. The molecule has 4 atom stereocenters. The molecule has 2 aliphatic rings. The first kappa shape index (κ1) is 17.5. The van der Waals surface area contributed by atoms with E-state index >= 15 is 0 Å². The van der Waals surface area contributed by atoms with Crippen LogP contribution in [0, 0.1) is 13.8 Å². The summed E-state index contributed by atoms with van der Waals surface area (Å²) in [5.74, 6) is 1.29. The summed E-state index contributed by atoms with van der Waals surface area (Å²) in [5.41, 5.74) is 5.77. The maximum absolute atomic E-state index is 2.66. The molecule has 1 nitrogen and oxygen atoms in total. The number of rotatable bonds is 2. The summed E-state index contributed by atoms with van der Waals surface area (Å²) in [6.45, 7) is 4.36. The van der Waals surface area contributed by atoms with Crippen molar-refractivity contribution in [2.24, 2.45) is 0 Å². The van der Waals surface area contributed by atoms with Crippen molar-refractivity contribution < 1.29 is 0 Å². The Hall–Kier alpha value is -1.31. The Kier molecular flexibility index (Phi) is 5.03. The predicted octanol–water partition coefficient (Wildman–Crippen LogP) is 5.46. The van der Waals surface area contributed by atoms with Crippen LogP contribution in [0.25, 0.3) is 0 Å². The van der Waals surface area contributed by atoms with E-state index in [0.29, 0.717) is 17.9 Å². The molecule has 0 radical (unpaired) electrons. The van der Waals surface area contributed by atoms with Gasteiger partial charge in [0.25, 0.3) is 0 Å². The Morgan fingerprint density at radius 2 is 1.33 bits per heavy atom. The maximum atomic E-state index is 2.66. The van der Waals surface area contributed by atoms with Gasteiger partial charge in [-0.05, 0) is 57.2 Å². The Morgan fingerprint density at radius 1 is 0.792 bits per heavy atom. The van der Waals surface area contributed by atoms with Gasteiger partial charge in [-0.2, -0.15) is 0 Å². The van der Waals surface area contributed by atoms with Crippen molar-refractivity contribution >= 4 is 12.4 Å². The lowest BCUT2D eigenvalue weighted by atomic mass is 9.72. The minimum atomic E-state index is 0. The summed E-state index contributed by atoms with van der Waals surface area (Å²) >= 11 is 0. The Morgan fingerprint density at radius 3 is 1.92 bits per heavy atom. The zero-order valence-electron chi connectivity index (χ0n) is 14.9. The van der Waals surface area contributed by atoms with Gasteiger partial charge in [0.1, 0.15) is 0 Å². The molecule has 128 valence electrons. The van der Waals surface area contributed by atoms with E-state index in [9.17, 15) is 0 Å². The second-order valence-corrected chi connectivity index (χ2v) is 7.65. The van der Waals surface area contributed by atoms with Gasteiger partial charge in [-0.25, -0.2) is 0 Å². The van der Waals surface area contributed by atoms with Crippen molar-refractivity contribution in [3.8, 4) is 0 Å². The van der Waals surface area contributed by atoms with Gasteiger partial charge in [0.15, 0.2) is 0 Å². The third kappa shape index (κ3) is 3.00. The SMILES string of the molecule is Cc1ccc([C@H]2[C@@H](c3ccc(C)cc3)C[C@@H]3CC[C@H]2N3C)cc1.Cl. The summed E-state index contributed by atoms with van der Waals surface area (Å²) in [7, 11) is 2.34. The highest BCUT2D eigenvalue weighted by Gasteiger charge is 2.46. The largest absolute Gasteiger partial charge is 0.300 e. The molecule has 4 rings (SSSR count). The smallest absolute Gasteiger partial charge is 0.0170 e. The van der Waals surface area contributed by atoms with Crippen molar-refractivity contribution in [3.63, 3.8) is 0 Å². The van der Waals surface area contributed by atoms with Gasteiger partial charge in [0, 0.05) is 18.0 Å². The van der Waals surface area contributed by atoms with E-state index in [0.717, 1.165) is 6.04 Å². The van der Waals surface area contributed by atoms with Crippen LogP contribution in [-0.2, 0) is 0 Å². The molecule has 0 aliphatic carbocycles. The molecule has 2 saturated heterocycles. The van der Waals surface area contributed by atoms with Crippen molar-refractivity contribution in [3.05, 3.63) is 70.8 Å². The van der Waals surface area contributed by atoms with Crippen LogP contribution in [0.3, 0.4) is 0 Å². The van der Waals surface area contributed by atoms with Crippen molar-refractivity contribution in [2.75, 3.05) is 7.05 Å². The first-order chi connectivity index (χ1) is 11.1. The molecular weight excluding hydrogens is 314 g/mol. The van der Waals surface area contributed by atoms with Gasteiger partial charge >= 0.3 is 0 Å². The van der Waals surface area contributed by atoms with Crippen molar-refractivity contribution in [1.29, 1.82) is 0 Å². The molecule has 0 N–H and O–H groups in total. The molecule has 2 aliphatic heterocycles. The number of nitrogens with zero attached hydrogens (tertiary/aromatic N) is 1. The molecule has 0 amide bonds. The average Bonchev–Trinajstić information content (AvgIpc) is 2.80. The molecule has 0 unspecified atom stereocenters. The molecule has 24 heavy (non-hydrogen) atoms. The van der Waals surface area contributed by atoms with Gasteiger partial charge in [-0.15, -0.1) is 12.4 Å². The standard InChI is InChI=1S/C22H27N.ClH/c1-15-4-8-17(9-5-15)20-14-19-12-13-21(23(19)3)22(20)18-10-6-16(2)7-11-18;/h4-11,19-22H,12-14H2,1-3H3;1H/t19-,20+,21+,22-;/m0./s1. The Balaban J connectivity index is 0.00000169. The lowest BCUT2D eigenvalue weighted by Crippen LogP contribution is -2.44. The van der Waals surface area contributed by atoms with Crippen LogP contribution in [0.15, 0.2) is 48.5 Å². The van der Waals surface area contributed by atoms with E-state index in [2.05, 4.69) is 74.3 Å². The van der Waals surface area contributed by atoms with E-state index in [1.807, 2.05) is 0 Å². The molecule has 0 saturated carbocycles. The molecule has 2 bridgehead atoms. The third-order valence-electron chi connectivity index (χ3n) is 6.24. The first-order valence-corrected chi connectivity index (χ1v) is 8.98. The Bertz CT molecular complexity index is 676. The maximum Gasteiger partial charge on any atom is 0.0170 e. The van der Waals surface area contributed by atoms with Crippen LogP contribution < -0.4 is 0 Å². The second kappa shape index (κ2) is 6.90. The number of hydrogen-bond acceptors (Lipinski definition) is 1. The van der Waals surface area contributed by atoms with Crippen LogP contribution in [0.1, 0.15) is 53.4 Å². The van der Waals surface area contributed by atoms with Crippen LogP contribution in [-0.4, -0.2) is 24.0 Å². The minimum Gasteiger partial charge on any atom is -0.300 e. The average molecular weight is 342 g/mol. The van der Waals surface area contributed by atoms with E-state index in [1.165, 1.54) is 41.5 Å². The highest BCUT2D eigenvalue weighted by atomic mass is 35.5. The van der Waals surface area contributed by atoms with Crippen LogP contribution in [0.4, 0.5) is 0 Å². The number of aryl methyl sites for hydroxylation is 2. The van der Waals surface area contributed by atoms with E-state index in [1.54, 1.807) is 0 Å². The van der Waals surface area contributed by atoms with Crippen molar-refractivity contribution in [2.45, 2.75) is 57.0 Å². The van der Waals surface area contributed by atoms with E-state index in [-0.39, 0.29) is 12.4 Å². The first-order valence-electron chi connectivity index (χ1n) is 8.98. The summed E-state index contributed by atoms with van der Waals surface area (Å²) in [6.07, 6.45) is 4.02. The molecule has 2 aromatic rings. The summed E-state index contributed by atoms with van der Waals surface area (Å²) in [6, 6.07) is 20.1. The topological polar surface area (TPSA) is 3.24 Å². The normalized spacial score (nSPS) is 29.3. The number of benzene rings is 2. The molecule has 2 fully saturated rings. The fraction of sp³-hybridized carbons (Fsp3) is 0.455. The van der Waals surface area contributed by atoms with Crippen LogP contribution in [0.5, 0.6) is 0 Å². The predicted molar refractivity (Wildman–Crippen MR) is 104 cm³/mol. The zero-order chi connectivity index (χ0) is 16.0. The number of likely N-dealkylation sites (N-methyl/N-ethyl adjacent to an activating group) is 1. The zero-order valence-corrected chi connectivity index (χ0v) is 15.7. The van der Waals surface area contributed by atoms with Gasteiger partial charge in [-0.3, -0.25) is 4.90 Å². The molecular formula is C22H28ClN. The summed E-state index contributed by atoms with van der Waals surface area (Å²) < 4.78 is 0. The van der Waals surface area contributed by atoms with Gasteiger partial charge in [0.2, 0.25) is 0 Å². The fourth-order valence-corrected chi connectivity index (χ4v) is 4.87. The minimum absolute atomic E-state index is 0. The molecule has 0 spiro atoms. The Labute approximate surface area is 152 Å². The number of halogens is 1. The number of fused-ring (bicyclic) bond motifs is 2. The molecule has 0 aromatic heterocycles. The van der Waals surface area contributed by atoms with Gasteiger partial charge in [0.05, 0.1) is 0 Å². The fourth-order valence-electron chi connectivity index (χ4n) is 4.87. The second-order valence-electron chi connectivity index (χ2n) is 7.65. The van der Waals surface area contributed by atoms with Crippen molar-refractivity contribution in [1.82, 2.24) is 4.90 Å². The lowest BCUT2D eigenvalue weighted by Gasteiger charge is -2.43. The highest BCUT2D eigenvalue weighted by molar-refractivity contribution is 5.85. The van der Waals surface area contributed by atoms with Crippen LogP contribution in [0.2, 0.25) is 0 Å². The van der Waals surface area contributed by atoms with E-state index in [4.69, 9.17) is 0 Å². The molecule has 2 aromatic carbocycles. The lowest BCUT2D eigenvalue weighted by molar-refractivity contribution is 0.137. The van der Waals surface area contributed by atoms with E-state index < -0.39 is 0 Å². The van der Waals surface area contributed by atoms with Gasteiger partial charge in [-0.1, -0.05) is 59.7 Å². The highest BCUT2D eigenvalue weighted by Crippen LogP contribution is 2.50. The molecule has 2 heterocycles. The van der Waals surface area contributed by atoms with Crippen LogP contribution >= 0.6 is 12.4 Å². The summed E-state index contributed by atoms with van der Waals surface area (Å²) in [4.78, 5) is 2.66. The molecule has 2 heteroatoms. The van der Waals surface area contributed by atoms with Gasteiger partial charge < -0.3 is 0 Å². The number of hydrogen-bond donors (Lipinski definition) is 0. The quantitative estimate of drug-likeness (QED) is 0.701. The summed E-state index contributed by atoms with van der Waals surface area (Å²) in [5, 5.41) is 0. The number of piperidine rings is 1. The monoisotopic (exact) mass is 341 g/mol.